The van der Waals surface area contributed by atoms with E-state index in [1.54, 1.807) is 21.5 Å². The standard InChI is InChI=1S/C19H19N5O4S/c20-18(26)15-5-6-16(24-19(15)21-12-22-24)14-3-1-13(2-4-14)11-17(25)23-7-9-29(27,28)10-8-23/h1-6,12H,7-11H2,(H2,20,26). The van der Waals surface area contributed by atoms with E-state index in [9.17, 15) is 18.0 Å². The molecule has 1 fully saturated rings. The average molecular weight is 413 g/mol. The molecule has 0 radical (unpaired) electrons. The minimum absolute atomic E-state index is 0.0207. The van der Waals surface area contributed by atoms with Crippen molar-refractivity contribution in [2.24, 2.45) is 5.73 Å². The lowest BCUT2D eigenvalue weighted by atomic mass is 10.1. The second kappa shape index (κ2) is 7.28. The fourth-order valence-electron chi connectivity index (χ4n) is 3.36. The van der Waals surface area contributed by atoms with Gasteiger partial charge in [-0.15, -0.1) is 0 Å². The fourth-order valence-corrected chi connectivity index (χ4v) is 4.56. The number of hydrogen-bond acceptors (Lipinski definition) is 6. The number of amides is 2. The summed E-state index contributed by atoms with van der Waals surface area (Å²) >= 11 is 0. The minimum atomic E-state index is -3.02. The molecule has 9 nitrogen and oxygen atoms in total. The number of aromatic nitrogens is 3. The molecule has 2 amide bonds. The van der Waals surface area contributed by atoms with Gasteiger partial charge in [-0.25, -0.2) is 17.9 Å². The summed E-state index contributed by atoms with van der Waals surface area (Å²) in [6.45, 7) is 0.492. The van der Waals surface area contributed by atoms with Gasteiger partial charge in [0.2, 0.25) is 5.91 Å². The van der Waals surface area contributed by atoms with Gasteiger partial charge in [-0.05, 0) is 17.7 Å². The molecule has 1 aliphatic heterocycles. The van der Waals surface area contributed by atoms with Crippen molar-refractivity contribution in [2.75, 3.05) is 24.6 Å². The Morgan fingerprint density at radius 2 is 1.72 bits per heavy atom. The number of nitrogens with zero attached hydrogens (tertiary/aromatic N) is 4. The molecule has 0 aliphatic carbocycles. The van der Waals surface area contributed by atoms with Gasteiger partial charge in [-0.1, -0.05) is 24.3 Å². The number of sulfone groups is 1. The van der Waals surface area contributed by atoms with Crippen LogP contribution in [0.15, 0.2) is 42.7 Å². The SMILES string of the molecule is NC(=O)c1ccc(-c2ccc(CC(=O)N3CCS(=O)(=O)CC3)cc2)n2ncnc12. The van der Waals surface area contributed by atoms with E-state index in [1.807, 2.05) is 24.3 Å². The van der Waals surface area contributed by atoms with Crippen LogP contribution in [0.3, 0.4) is 0 Å². The van der Waals surface area contributed by atoms with Crippen molar-refractivity contribution in [1.82, 2.24) is 19.5 Å². The smallest absolute Gasteiger partial charge is 0.252 e. The first-order chi connectivity index (χ1) is 13.8. The minimum Gasteiger partial charge on any atom is -0.365 e. The molecule has 29 heavy (non-hydrogen) atoms. The lowest BCUT2D eigenvalue weighted by Crippen LogP contribution is -2.44. The third kappa shape index (κ3) is 3.83. The van der Waals surface area contributed by atoms with E-state index in [2.05, 4.69) is 10.1 Å². The summed E-state index contributed by atoms with van der Waals surface area (Å²) in [6.07, 6.45) is 1.57. The summed E-state index contributed by atoms with van der Waals surface area (Å²) in [7, 11) is -3.02. The van der Waals surface area contributed by atoms with Crippen molar-refractivity contribution < 1.29 is 18.0 Å². The molecule has 0 spiro atoms. The molecule has 3 heterocycles. The Morgan fingerprint density at radius 1 is 1.03 bits per heavy atom. The monoisotopic (exact) mass is 413 g/mol. The Kier molecular flexibility index (Phi) is 4.79. The van der Waals surface area contributed by atoms with Gasteiger partial charge in [-0.2, -0.15) is 5.10 Å². The van der Waals surface area contributed by atoms with E-state index >= 15 is 0 Å². The van der Waals surface area contributed by atoms with Crippen molar-refractivity contribution in [2.45, 2.75) is 6.42 Å². The van der Waals surface area contributed by atoms with Gasteiger partial charge in [0, 0.05) is 18.7 Å². The zero-order chi connectivity index (χ0) is 20.6. The first-order valence-corrected chi connectivity index (χ1v) is 10.9. The maximum absolute atomic E-state index is 12.4. The van der Waals surface area contributed by atoms with Gasteiger partial charge < -0.3 is 10.6 Å². The number of carbonyl (C=O) groups is 2. The Labute approximate surface area is 167 Å². The lowest BCUT2D eigenvalue weighted by Gasteiger charge is -2.26. The third-order valence-corrected chi connectivity index (χ3v) is 6.60. The van der Waals surface area contributed by atoms with E-state index in [0.717, 1.165) is 16.8 Å². The van der Waals surface area contributed by atoms with E-state index in [0.29, 0.717) is 5.65 Å². The zero-order valence-electron chi connectivity index (χ0n) is 15.5. The Bertz CT molecular complexity index is 1190. The molecule has 150 valence electrons. The van der Waals surface area contributed by atoms with Gasteiger partial charge in [0.25, 0.3) is 5.91 Å². The van der Waals surface area contributed by atoms with Crippen LogP contribution in [0, 0.1) is 0 Å². The van der Waals surface area contributed by atoms with Crippen LogP contribution in [0.2, 0.25) is 0 Å². The van der Waals surface area contributed by atoms with Gasteiger partial charge in [0.1, 0.15) is 6.33 Å². The Balaban J connectivity index is 1.52. The fraction of sp³-hybridized carbons (Fsp3) is 0.263. The third-order valence-electron chi connectivity index (χ3n) is 4.99. The predicted molar refractivity (Wildman–Crippen MR) is 106 cm³/mol. The lowest BCUT2D eigenvalue weighted by molar-refractivity contribution is -0.130. The second-order valence-electron chi connectivity index (χ2n) is 6.90. The van der Waals surface area contributed by atoms with Crippen LogP contribution >= 0.6 is 0 Å². The summed E-state index contributed by atoms with van der Waals surface area (Å²) in [5.74, 6) is -0.620. The van der Waals surface area contributed by atoms with Crippen molar-refractivity contribution in [3.63, 3.8) is 0 Å². The summed E-state index contributed by atoms with van der Waals surface area (Å²) in [4.78, 5) is 29.7. The molecule has 2 aromatic heterocycles. The van der Waals surface area contributed by atoms with Gasteiger partial charge >= 0.3 is 0 Å². The molecule has 0 unspecified atom stereocenters. The topological polar surface area (TPSA) is 128 Å². The highest BCUT2D eigenvalue weighted by molar-refractivity contribution is 7.91. The highest BCUT2D eigenvalue weighted by Gasteiger charge is 2.24. The molecule has 1 aromatic carbocycles. The molecular formula is C19H19N5O4S. The number of carbonyl (C=O) groups excluding carboxylic acids is 2. The molecule has 1 aliphatic rings. The summed E-state index contributed by atoms with van der Waals surface area (Å²) in [5, 5.41) is 4.17. The number of rotatable bonds is 4. The summed E-state index contributed by atoms with van der Waals surface area (Å²) < 4.78 is 24.6. The highest BCUT2D eigenvalue weighted by atomic mass is 32.2. The second-order valence-corrected chi connectivity index (χ2v) is 9.20. The van der Waals surface area contributed by atoms with Crippen molar-refractivity contribution in [3.05, 3.63) is 53.9 Å². The Hall–Kier alpha value is -3.27. The molecule has 0 atom stereocenters. The quantitative estimate of drug-likeness (QED) is 0.655. The van der Waals surface area contributed by atoms with Gasteiger partial charge in [-0.3, -0.25) is 9.59 Å². The van der Waals surface area contributed by atoms with Crippen LogP contribution in [-0.2, 0) is 21.1 Å². The van der Waals surface area contributed by atoms with E-state index < -0.39 is 15.7 Å². The van der Waals surface area contributed by atoms with Crippen LogP contribution in [0.1, 0.15) is 15.9 Å². The Morgan fingerprint density at radius 3 is 2.38 bits per heavy atom. The molecule has 2 N–H and O–H groups in total. The number of nitrogens with two attached hydrogens (primary N) is 1. The van der Waals surface area contributed by atoms with E-state index in [4.69, 9.17) is 5.73 Å². The molecular weight excluding hydrogens is 394 g/mol. The van der Waals surface area contributed by atoms with Crippen LogP contribution in [0.5, 0.6) is 0 Å². The highest BCUT2D eigenvalue weighted by Crippen LogP contribution is 2.22. The number of hydrogen-bond donors (Lipinski definition) is 1. The molecule has 1 saturated heterocycles. The van der Waals surface area contributed by atoms with Gasteiger partial charge in [0.05, 0.1) is 29.2 Å². The van der Waals surface area contributed by atoms with Crippen LogP contribution in [0.25, 0.3) is 16.9 Å². The largest absolute Gasteiger partial charge is 0.365 e. The summed E-state index contributed by atoms with van der Waals surface area (Å²) in [6, 6.07) is 10.8. The van der Waals surface area contributed by atoms with Crippen LogP contribution in [0.4, 0.5) is 0 Å². The van der Waals surface area contributed by atoms with E-state index in [1.165, 1.54) is 6.33 Å². The number of primary amides is 1. The average Bonchev–Trinajstić information content (AvgIpc) is 3.17. The number of benzene rings is 1. The van der Waals surface area contributed by atoms with Crippen molar-refractivity contribution in [1.29, 1.82) is 0 Å². The maximum Gasteiger partial charge on any atom is 0.252 e. The predicted octanol–water partition coefficient (Wildman–Crippen LogP) is 0.295. The normalized spacial score (nSPS) is 16.1. The van der Waals surface area contributed by atoms with E-state index in [-0.39, 0.29) is 42.5 Å². The molecule has 4 rings (SSSR count). The molecule has 3 aromatic rings. The first kappa shape index (κ1) is 19.1. The molecule has 0 bridgehead atoms. The van der Waals surface area contributed by atoms with Gasteiger partial charge in [0.15, 0.2) is 15.5 Å². The number of fused-ring (bicyclic) bond motifs is 1. The van der Waals surface area contributed by atoms with Crippen molar-refractivity contribution >= 4 is 27.3 Å². The van der Waals surface area contributed by atoms with Crippen molar-refractivity contribution in [3.8, 4) is 11.3 Å². The molecule has 10 heteroatoms. The summed E-state index contributed by atoms with van der Waals surface area (Å²) in [5.41, 5.74) is 8.46. The number of pyridine rings is 1. The molecule has 0 saturated carbocycles. The van der Waals surface area contributed by atoms with Crippen LogP contribution < -0.4 is 5.73 Å². The van der Waals surface area contributed by atoms with Crippen LogP contribution in [-0.4, -0.2) is 64.3 Å². The maximum atomic E-state index is 12.4. The zero-order valence-corrected chi connectivity index (χ0v) is 16.3. The first-order valence-electron chi connectivity index (χ1n) is 9.04.